The average Bonchev–Trinajstić information content (AvgIpc) is 2.46. The van der Waals surface area contributed by atoms with Gasteiger partial charge < -0.3 is 10.1 Å². The van der Waals surface area contributed by atoms with E-state index in [1.165, 1.54) is 18.4 Å². The van der Waals surface area contributed by atoms with Gasteiger partial charge in [0.1, 0.15) is 5.75 Å². The summed E-state index contributed by atoms with van der Waals surface area (Å²) in [5.41, 5.74) is 1.29. The Balaban J connectivity index is 1.93. The Hall–Kier alpha value is -0.730. The van der Waals surface area contributed by atoms with Crippen molar-refractivity contribution in [2.75, 3.05) is 19.7 Å². The van der Waals surface area contributed by atoms with E-state index >= 15 is 0 Å². The van der Waals surface area contributed by atoms with Crippen molar-refractivity contribution in [3.05, 3.63) is 28.8 Å². The van der Waals surface area contributed by atoms with Crippen molar-refractivity contribution in [3.8, 4) is 5.75 Å². The summed E-state index contributed by atoms with van der Waals surface area (Å²) >= 11 is 6.31. The lowest BCUT2D eigenvalue weighted by atomic mass is 9.98. The number of ether oxygens (including phenoxy) is 1. The molecule has 1 aromatic carbocycles. The van der Waals surface area contributed by atoms with E-state index in [4.69, 9.17) is 16.3 Å². The smallest absolute Gasteiger partial charge is 0.137 e. The summed E-state index contributed by atoms with van der Waals surface area (Å²) in [6.07, 6.45) is 3.62. The van der Waals surface area contributed by atoms with Crippen LogP contribution in [-0.4, -0.2) is 19.7 Å². The van der Waals surface area contributed by atoms with Crippen molar-refractivity contribution >= 4 is 11.6 Å². The van der Waals surface area contributed by atoms with Gasteiger partial charge in [0.2, 0.25) is 0 Å². The van der Waals surface area contributed by atoms with Crippen molar-refractivity contribution in [2.45, 2.75) is 39.0 Å². The fourth-order valence-corrected chi connectivity index (χ4v) is 2.69. The molecule has 0 bridgehead atoms. The normalized spacial score (nSPS) is 21.1. The predicted molar refractivity (Wildman–Crippen MR) is 81.2 cm³/mol. The zero-order valence-corrected chi connectivity index (χ0v) is 12.7. The molecule has 0 aliphatic carbocycles. The Morgan fingerprint density at radius 1 is 1.47 bits per heavy atom. The van der Waals surface area contributed by atoms with Gasteiger partial charge in [-0.15, -0.1) is 0 Å². The zero-order chi connectivity index (χ0) is 13.7. The minimum atomic E-state index is 0.550. The van der Waals surface area contributed by atoms with Crippen LogP contribution in [0.25, 0.3) is 0 Å². The summed E-state index contributed by atoms with van der Waals surface area (Å²) in [6, 6.07) is 6.19. The third-order valence-electron chi connectivity index (χ3n) is 4.01. The van der Waals surface area contributed by atoms with E-state index in [2.05, 4.69) is 25.2 Å². The number of halogens is 1. The molecule has 0 spiro atoms. The van der Waals surface area contributed by atoms with E-state index in [-0.39, 0.29) is 0 Å². The Labute approximate surface area is 121 Å². The van der Waals surface area contributed by atoms with E-state index < -0.39 is 0 Å². The van der Waals surface area contributed by atoms with Gasteiger partial charge in [-0.2, -0.15) is 0 Å². The second-order valence-electron chi connectivity index (χ2n) is 5.52. The maximum absolute atomic E-state index is 6.31. The molecule has 1 aliphatic rings. The molecule has 1 N–H and O–H groups in total. The van der Waals surface area contributed by atoms with Crippen LogP contribution in [0.2, 0.25) is 5.02 Å². The summed E-state index contributed by atoms with van der Waals surface area (Å²) in [7, 11) is 0. The van der Waals surface area contributed by atoms with E-state index in [1.807, 2.05) is 12.1 Å². The fourth-order valence-electron chi connectivity index (χ4n) is 2.45. The van der Waals surface area contributed by atoms with Crippen LogP contribution in [0.3, 0.4) is 0 Å². The van der Waals surface area contributed by atoms with Gasteiger partial charge in [-0.1, -0.05) is 31.5 Å². The van der Waals surface area contributed by atoms with E-state index in [9.17, 15) is 0 Å². The third-order valence-corrected chi connectivity index (χ3v) is 4.31. The molecule has 0 amide bonds. The molecule has 0 unspecified atom stereocenters. The lowest BCUT2D eigenvalue weighted by Crippen LogP contribution is -2.33. The number of hydrogen-bond donors (Lipinski definition) is 1. The molecule has 0 radical (unpaired) electrons. The molecule has 2 atom stereocenters. The third kappa shape index (κ3) is 4.12. The summed E-state index contributed by atoms with van der Waals surface area (Å²) in [6.45, 7) is 7.37. The van der Waals surface area contributed by atoms with Gasteiger partial charge in [0, 0.05) is 12.5 Å². The molecule has 1 fully saturated rings. The summed E-state index contributed by atoms with van der Waals surface area (Å²) in [5, 5.41) is 4.14. The van der Waals surface area contributed by atoms with Crippen molar-refractivity contribution in [3.63, 3.8) is 0 Å². The van der Waals surface area contributed by atoms with Crippen LogP contribution in [0.1, 0.15) is 44.6 Å². The maximum Gasteiger partial charge on any atom is 0.137 e. The molecule has 0 aromatic heterocycles. The summed E-state index contributed by atoms with van der Waals surface area (Å²) in [4.78, 5) is 0. The molecule has 2 nitrogen and oxygen atoms in total. The maximum atomic E-state index is 6.31. The highest BCUT2D eigenvalue weighted by Gasteiger charge is 2.14. The van der Waals surface area contributed by atoms with Crippen molar-refractivity contribution < 1.29 is 4.74 Å². The van der Waals surface area contributed by atoms with Gasteiger partial charge in [0.25, 0.3) is 0 Å². The van der Waals surface area contributed by atoms with Crippen LogP contribution >= 0.6 is 11.6 Å². The lowest BCUT2D eigenvalue weighted by Gasteiger charge is -2.23. The van der Waals surface area contributed by atoms with Crippen LogP contribution in [0, 0.1) is 5.92 Å². The summed E-state index contributed by atoms with van der Waals surface area (Å²) in [5.74, 6) is 1.98. The first-order valence-electron chi connectivity index (χ1n) is 7.33. The molecule has 1 aliphatic heterocycles. The molecule has 3 heteroatoms. The van der Waals surface area contributed by atoms with E-state index in [0.29, 0.717) is 11.8 Å². The van der Waals surface area contributed by atoms with Gasteiger partial charge in [-0.05, 0) is 49.4 Å². The lowest BCUT2D eigenvalue weighted by molar-refractivity contribution is 0.218. The van der Waals surface area contributed by atoms with Crippen LogP contribution in [0.15, 0.2) is 18.2 Å². The quantitative estimate of drug-likeness (QED) is 0.872. The Morgan fingerprint density at radius 2 is 2.32 bits per heavy atom. The van der Waals surface area contributed by atoms with Crippen molar-refractivity contribution in [1.82, 2.24) is 5.32 Å². The highest BCUT2D eigenvalue weighted by molar-refractivity contribution is 6.32. The Bertz CT molecular complexity index is 402. The van der Waals surface area contributed by atoms with Crippen LogP contribution in [0.5, 0.6) is 5.75 Å². The first-order chi connectivity index (χ1) is 9.20. The minimum Gasteiger partial charge on any atom is -0.492 e. The standard InChI is InChI=1S/C16H24ClNO/c1-3-12(2)14-6-7-16(15(17)9-14)19-11-13-5-4-8-18-10-13/h6-7,9,12-13,18H,3-5,8,10-11H2,1-2H3/t12-,13-/m1/s1. The molecule has 1 aromatic rings. The molecule has 2 rings (SSSR count). The molecule has 0 saturated carbocycles. The SMILES string of the molecule is CC[C@@H](C)c1ccc(OC[C@@H]2CCCNC2)c(Cl)c1. The molecule has 1 heterocycles. The fraction of sp³-hybridized carbons (Fsp3) is 0.625. The van der Waals surface area contributed by atoms with Gasteiger partial charge in [-0.25, -0.2) is 0 Å². The molecule has 1 saturated heterocycles. The average molecular weight is 282 g/mol. The summed E-state index contributed by atoms with van der Waals surface area (Å²) < 4.78 is 5.87. The first-order valence-corrected chi connectivity index (χ1v) is 7.71. The highest BCUT2D eigenvalue weighted by atomic mass is 35.5. The van der Waals surface area contributed by atoms with E-state index in [0.717, 1.165) is 36.9 Å². The first kappa shape index (κ1) is 14.7. The largest absolute Gasteiger partial charge is 0.492 e. The van der Waals surface area contributed by atoms with Gasteiger partial charge in [-0.3, -0.25) is 0 Å². The van der Waals surface area contributed by atoms with Crippen LogP contribution < -0.4 is 10.1 Å². The molecular formula is C16H24ClNO. The Kier molecular flexibility index (Phi) is 5.53. The monoisotopic (exact) mass is 281 g/mol. The molecular weight excluding hydrogens is 258 g/mol. The molecule has 19 heavy (non-hydrogen) atoms. The van der Waals surface area contributed by atoms with Crippen molar-refractivity contribution in [1.29, 1.82) is 0 Å². The van der Waals surface area contributed by atoms with E-state index in [1.54, 1.807) is 0 Å². The minimum absolute atomic E-state index is 0.550. The van der Waals surface area contributed by atoms with Gasteiger partial charge >= 0.3 is 0 Å². The number of piperidine rings is 1. The van der Waals surface area contributed by atoms with Crippen LogP contribution in [-0.2, 0) is 0 Å². The zero-order valence-electron chi connectivity index (χ0n) is 11.9. The number of benzene rings is 1. The number of rotatable bonds is 5. The Morgan fingerprint density at radius 3 is 2.95 bits per heavy atom. The molecule has 106 valence electrons. The number of nitrogens with one attached hydrogen (secondary N) is 1. The van der Waals surface area contributed by atoms with Crippen LogP contribution in [0.4, 0.5) is 0 Å². The van der Waals surface area contributed by atoms with Crippen molar-refractivity contribution in [2.24, 2.45) is 5.92 Å². The van der Waals surface area contributed by atoms with Gasteiger partial charge in [0.05, 0.1) is 11.6 Å². The topological polar surface area (TPSA) is 21.3 Å². The second-order valence-corrected chi connectivity index (χ2v) is 5.93. The predicted octanol–water partition coefficient (Wildman–Crippen LogP) is 4.23. The van der Waals surface area contributed by atoms with Gasteiger partial charge in [0.15, 0.2) is 0 Å². The highest BCUT2D eigenvalue weighted by Crippen LogP contribution is 2.30. The second kappa shape index (κ2) is 7.16. The number of hydrogen-bond acceptors (Lipinski definition) is 2.